The van der Waals surface area contributed by atoms with Gasteiger partial charge in [0.15, 0.2) is 6.04 Å². The highest BCUT2D eigenvalue weighted by atomic mass is 35.5. The van der Waals surface area contributed by atoms with E-state index < -0.39 is 11.6 Å². The average Bonchev–Trinajstić information content (AvgIpc) is 2.87. The number of aliphatic imine (C=N–C) groups is 1. The second-order valence-corrected chi connectivity index (χ2v) is 9.92. The van der Waals surface area contributed by atoms with E-state index in [9.17, 15) is 4.79 Å². The molecule has 0 spiro atoms. The van der Waals surface area contributed by atoms with Crippen LogP contribution in [0.2, 0.25) is 5.02 Å². The van der Waals surface area contributed by atoms with Gasteiger partial charge in [-0.05, 0) is 50.6 Å². The van der Waals surface area contributed by atoms with Gasteiger partial charge in [0.05, 0.1) is 11.4 Å². The lowest BCUT2D eigenvalue weighted by molar-refractivity contribution is -0.156. The summed E-state index contributed by atoms with van der Waals surface area (Å²) < 4.78 is 5.83. The molecule has 0 saturated carbocycles. The Morgan fingerprint density at radius 1 is 0.889 bits per heavy atom. The number of hydrogen-bond donors (Lipinski definition) is 0. The highest BCUT2D eigenvalue weighted by Crippen LogP contribution is 2.28. The predicted octanol–water partition coefficient (Wildman–Crippen LogP) is 7.19. The molecule has 4 rings (SSSR count). The molecule has 0 unspecified atom stereocenters. The van der Waals surface area contributed by atoms with Crippen LogP contribution < -0.4 is 0 Å². The van der Waals surface area contributed by atoms with Gasteiger partial charge in [0.1, 0.15) is 5.60 Å². The van der Waals surface area contributed by atoms with E-state index in [2.05, 4.69) is 4.98 Å². The van der Waals surface area contributed by atoms with Gasteiger partial charge in [-0.1, -0.05) is 84.4 Å². The number of halogens is 1. The van der Waals surface area contributed by atoms with E-state index in [1.165, 1.54) is 0 Å². The zero-order valence-corrected chi connectivity index (χ0v) is 21.4. The normalized spacial score (nSPS) is 12.0. The SMILES string of the molecule is CC(C)(C)OC(=O)[C@H](Cc1cc(Cl)ccc1-c1ccccn1)N=C(c1ccccc1)c1ccccc1. The van der Waals surface area contributed by atoms with Crippen molar-refractivity contribution in [3.8, 4) is 11.3 Å². The first kappa shape index (κ1) is 25.3. The molecule has 1 heterocycles. The number of aromatic nitrogens is 1. The molecule has 0 aliphatic rings. The molecule has 0 aliphatic carbocycles. The van der Waals surface area contributed by atoms with E-state index in [4.69, 9.17) is 21.3 Å². The predicted molar refractivity (Wildman–Crippen MR) is 147 cm³/mol. The largest absolute Gasteiger partial charge is 0.458 e. The first-order valence-electron chi connectivity index (χ1n) is 11.9. The fourth-order valence-electron chi connectivity index (χ4n) is 3.93. The molecule has 0 bridgehead atoms. The van der Waals surface area contributed by atoms with Gasteiger partial charge in [0.2, 0.25) is 0 Å². The molecule has 36 heavy (non-hydrogen) atoms. The highest BCUT2D eigenvalue weighted by Gasteiger charge is 2.27. The fraction of sp³-hybridized carbons (Fsp3) is 0.194. The number of ether oxygens (including phenoxy) is 1. The topological polar surface area (TPSA) is 51.5 Å². The van der Waals surface area contributed by atoms with Crippen molar-refractivity contribution < 1.29 is 9.53 Å². The van der Waals surface area contributed by atoms with Crippen LogP contribution in [0.25, 0.3) is 11.3 Å². The number of carbonyl (C=O) groups is 1. The van der Waals surface area contributed by atoms with Crippen molar-refractivity contribution >= 4 is 23.3 Å². The van der Waals surface area contributed by atoms with E-state index in [-0.39, 0.29) is 5.97 Å². The third kappa shape index (κ3) is 6.67. The Labute approximate surface area is 217 Å². The second kappa shape index (κ2) is 11.3. The molecule has 0 radical (unpaired) electrons. The molecule has 1 atom stereocenters. The summed E-state index contributed by atoms with van der Waals surface area (Å²) in [5.74, 6) is -0.390. The maximum absolute atomic E-state index is 13.5. The fourth-order valence-corrected chi connectivity index (χ4v) is 4.12. The molecule has 4 aromatic rings. The zero-order chi connectivity index (χ0) is 25.5. The third-order valence-corrected chi connectivity index (χ3v) is 5.71. The van der Waals surface area contributed by atoms with Gasteiger partial charge in [-0.25, -0.2) is 4.79 Å². The summed E-state index contributed by atoms with van der Waals surface area (Å²) >= 11 is 6.40. The summed E-state index contributed by atoms with van der Waals surface area (Å²) in [5.41, 5.74) is 4.52. The molecule has 4 nitrogen and oxygen atoms in total. The number of hydrogen-bond acceptors (Lipinski definition) is 4. The monoisotopic (exact) mass is 496 g/mol. The van der Waals surface area contributed by atoms with E-state index in [1.807, 2.05) is 118 Å². The van der Waals surface area contributed by atoms with Crippen molar-refractivity contribution in [3.05, 3.63) is 125 Å². The van der Waals surface area contributed by atoms with Crippen molar-refractivity contribution in [2.24, 2.45) is 4.99 Å². The second-order valence-electron chi connectivity index (χ2n) is 9.48. The quantitative estimate of drug-likeness (QED) is 0.201. The van der Waals surface area contributed by atoms with Gasteiger partial charge in [0, 0.05) is 34.3 Å². The van der Waals surface area contributed by atoms with Crippen LogP contribution in [-0.2, 0) is 16.0 Å². The van der Waals surface area contributed by atoms with Gasteiger partial charge in [0.25, 0.3) is 0 Å². The maximum Gasteiger partial charge on any atom is 0.331 e. The van der Waals surface area contributed by atoms with E-state index in [1.54, 1.807) is 6.20 Å². The highest BCUT2D eigenvalue weighted by molar-refractivity contribution is 6.30. The Kier molecular flexibility index (Phi) is 7.97. The lowest BCUT2D eigenvalue weighted by Crippen LogP contribution is -2.33. The van der Waals surface area contributed by atoms with Crippen LogP contribution in [0, 0.1) is 0 Å². The van der Waals surface area contributed by atoms with Crippen LogP contribution in [0.1, 0.15) is 37.5 Å². The number of nitrogens with zero attached hydrogens (tertiary/aromatic N) is 2. The van der Waals surface area contributed by atoms with Gasteiger partial charge >= 0.3 is 5.97 Å². The van der Waals surface area contributed by atoms with Gasteiger partial charge in [-0.3, -0.25) is 9.98 Å². The Bertz CT molecular complexity index is 1290. The van der Waals surface area contributed by atoms with Crippen LogP contribution in [0.4, 0.5) is 0 Å². The van der Waals surface area contributed by atoms with Crippen molar-refractivity contribution in [1.29, 1.82) is 0 Å². The lowest BCUT2D eigenvalue weighted by Gasteiger charge is -2.24. The Hall–Kier alpha value is -3.76. The molecule has 0 aliphatic heterocycles. The summed E-state index contributed by atoms with van der Waals surface area (Å²) in [6, 6.07) is 30.4. The number of pyridine rings is 1. The number of esters is 1. The number of benzene rings is 3. The minimum absolute atomic E-state index is 0.310. The van der Waals surface area contributed by atoms with Crippen molar-refractivity contribution in [2.45, 2.75) is 38.8 Å². The molecule has 0 amide bonds. The summed E-state index contributed by atoms with van der Waals surface area (Å²) in [5, 5.41) is 0.586. The smallest absolute Gasteiger partial charge is 0.331 e. The van der Waals surface area contributed by atoms with Gasteiger partial charge in [-0.2, -0.15) is 0 Å². The van der Waals surface area contributed by atoms with E-state index in [0.717, 1.165) is 33.7 Å². The van der Waals surface area contributed by atoms with E-state index in [0.29, 0.717) is 11.4 Å². The third-order valence-electron chi connectivity index (χ3n) is 5.48. The Morgan fingerprint density at radius 2 is 1.50 bits per heavy atom. The summed E-state index contributed by atoms with van der Waals surface area (Å²) in [4.78, 5) is 23.1. The van der Waals surface area contributed by atoms with Crippen LogP contribution in [-0.4, -0.2) is 28.3 Å². The molecular formula is C31H29ClN2O2. The summed E-state index contributed by atoms with van der Waals surface area (Å²) in [6.07, 6.45) is 2.06. The zero-order valence-electron chi connectivity index (χ0n) is 20.7. The van der Waals surface area contributed by atoms with E-state index >= 15 is 0 Å². The average molecular weight is 497 g/mol. The van der Waals surface area contributed by atoms with Crippen LogP contribution in [0.3, 0.4) is 0 Å². The molecule has 5 heteroatoms. The van der Waals surface area contributed by atoms with Crippen LogP contribution in [0.15, 0.2) is 108 Å². The molecule has 0 N–H and O–H groups in total. The molecule has 0 fully saturated rings. The minimum Gasteiger partial charge on any atom is -0.458 e. The van der Waals surface area contributed by atoms with Crippen molar-refractivity contribution in [1.82, 2.24) is 4.98 Å². The Morgan fingerprint density at radius 3 is 2.06 bits per heavy atom. The Balaban J connectivity index is 1.84. The maximum atomic E-state index is 13.5. The lowest BCUT2D eigenvalue weighted by atomic mass is 9.96. The van der Waals surface area contributed by atoms with Gasteiger partial charge in [-0.15, -0.1) is 0 Å². The summed E-state index contributed by atoms with van der Waals surface area (Å²) in [7, 11) is 0. The molecular weight excluding hydrogens is 468 g/mol. The molecule has 3 aromatic carbocycles. The standard InChI is InChI=1S/C31H29ClN2O2/c1-31(2,3)36-30(35)28(21-24-20-25(32)17-18-26(24)27-16-10-11-19-33-27)34-29(22-12-6-4-7-13-22)23-14-8-5-9-15-23/h4-20,28H,21H2,1-3H3/t28-/m0/s1. The minimum atomic E-state index is -0.791. The van der Waals surface area contributed by atoms with Gasteiger partial charge < -0.3 is 4.74 Å². The van der Waals surface area contributed by atoms with Crippen LogP contribution >= 0.6 is 11.6 Å². The summed E-state index contributed by atoms with van der Waals surface area (Å²) in [6.45, 7) is 5.58. The first-order valence-corrected chi connectivity index (χ1v) is 12.3. The number of rotatable bonds is 7. The molecule has 0 saturated heterocycles. The molecule has 182 valence electrons. The first-order chi connectivity index (χ1) is 17.3. The molecule has 1 aromatic heterocycles. The van der Waals surface area contributed by atoms with Crippen molar-refractivity contribution in [3.63, 3.8) is 0 Å². The number of carbonyl (C=O) groups excluding carboxylic acids is 1. The van der Waals surface area contributed by atoms with Crippen molar-refractivity contribution in [2.75, 3.05) is 0 Å². The van der Waals surface area contributed by atoms with Crippen LogP contribution in [0.5, 0.6) is 0 Å².